The average molecular weight is 199 g/mol. The molecule has 1 saturated carbocycles. The number of rotatable bonds is 5. The highest BCUT2D eigenvalue weighted by Gasteiger charge is 2.29. The predicted molar refractivity (Wildman–Crippen MR) is 60.1 cm³/mol. The summed E-state index contributed by atoms with van der Waals surface area (Å²) in [5.74, 6) is 2.25. The lowest BCUT2D eigenvalue weighted by Gasteiger charge is -2.25. The Labute approximate surface area is 88.2 Å². The summed E-state index contributed by atoms with van der Waals surface area (Å²) < 4.78 is 5.09. The highest BCUT2D eigenvalue weighted by molar-refractivity contribution is 4.84. The Bertz CT molecular complexity index is 160. The van der Waals surface area contributed by atoms with Gasteiger partial charge in [0.25, 0.3) is 0 Å². The number of ether oxygens (including phenoxy) is 1. The topological polar surface area (TPSA) is 35.2 Å². The van der Waals surface area contributed by atoms with E-state index in [1.807, 2.05) is 0 Å². The van der Waals surface area contributed by atoms with E-state index in [2.05, 4.69) is 13.8 Å². The van der Waals surface area contributed by atoms with Gasteiger partial charge >= 0.3 is 0 Å². The van der Waals surface area contributed by atoms with E-state index in [9.17, 15) is 0 Å². The molecule has 2 heteroatoms. The number of hydrogen-bond acceptors (Lipinski definition) is 2. The van der Waals surface area contributed by atoms with Gasteiger partial charge in [-0.2, -0.15) is 0 Å². The molecule has 0 heterocycles. The molecular formula is C12H25NO. The first-order chi connectivity index (χ1) is 6.65. The van der Waals surface area contributed by atoms with Gasteiger partial charge < -0.3 is 10.5 Å². The zero-order valence-corrected chi connectivity index (χ0v) is 9.83. The van der Waals surface area contributed by atoms with Crippen LogP contribution in [-0.2, 0) is 4.74 Å². The van der Waals surface area contributed by atoms with Gasteiger partial charge in [0.15, 0.2) is 0 Å². The van der Waals surface area contributed by atoms with E-state index in [1.165, 1.54) is 19.3 Å². The zero-order valence-electron chi connectivity index (χ0n) is 9.83. The highest BCUT2D eigenvalue weighted by Crippen LogP contribution is 2.34. The SMILES string of the molecule is COCCC(C)C(N)C1CCC(C)C1. The maximum atomic E-state index is 6.27. The lowest BCUT2D eigenvalue weighted by Crippen LogP contribution is -2.35. The maximum absolute atomic E-state index is 6.27. The van der Waals surface area contributed by atoms with Crippen LogP contribution in [0.4, 0.5) is 0 Å². The summed E-state index contributed by atoms with van der Waals surface area (Å²) in [4.78, 5) is 0. The van der Waals surface area contributed by atoms with Crippen LogP contribution < -0.4 is 5.73 Å². The van der Waals surface area contributed by atoms with Gasteiger partial charge in [-0.15, -0.1) is 0 Å². The normalized spacial score (nSPS) is 31.7. The van der Waals surface area contributed by atoms with Gasteiger partial charge in [-0.05, 0) is 37.0 Å². The van der Waals surface area contributed by atoms with E-state index in [0.29, 0.717) is 12.0 Å². The Balaban J connectivity index is 2.28. The average Bonchev–Trinajstić information content (AvgIpc) is 2.60. The summed E-state index contributed by atoms with van der Waals surface area (Å²) in [6, 6.07) is 0.384. The molecule has 0 aromatic carbocycles. The second-order valence-electron chi connectivity index (χ2n) is 5.01. The fraction of sp³-hybridized carbons (Fsp3) is 1.00. The molecule has 0 spiro atoms. The molecular weight excluding hydrogens is 174 g/mol. The quantitative estimate of drug-likeness (QED) is 0.738. The lowest BCUT2D eigenvalue weighted by atomic mass is 9.87. The minimum Gasteiger partial charge on any atom is -0.385 e. The summed E-state index contributed by atoms with van der Waals surface area (Å²) in [6.45, 7) is 5.44. The molecule has 0 saturated heterocycles. The summed E-state index contributed by atoms with van der Waals surface area (Å²) in [6.07, 6.45) is 5.13. The lowest BCUT2D eigenvalue weighted by molar-refractivity contribution is 0.166. The Hall–Kier alpha value is -0.0800. The molecule has 0 amide bonds. The van der Waals surface area contributed by atoms with Crippen LogP contribution in [0, 0.1) is 17.8 Å². The molecule has 1 aliphatic carbocycles. The minimum absolute atomic E-state index is 0.384. The van der Waals surface area contributed by atoms with Crippen molar-refractivity contribution in [2.24, 2.45) is 23.5 Å². The standard InChI is InChI=1S/C12H25NO/c1-9-4-5-11(8-9)12(13)10(2)6-7-14-3/h9-12H,4-8,13H2,1-3H3. The Morgan fingerprint density at radius 1 is 1.43 bits per heavy atom. The van der Waals surface area contributed by atoms with E-state index < -0.39 is 0 Å². The van der Waals surface area contributed by atoms with Gasteiger partial charge in [-0.3, -0.25) is 0 Å². The summed E-state index contributed by atoms with van der Waals surface area (Å²) in [5, 5.41) is 0. The fourth-order valence-electron chi connectivity index (χ4n) is 2.56. The van der Waals surface area contributed by atoms with Crippen molar-refractivity contribution in [2.45, 2.75) is 45.6 Å². The van der Waals surface area contributed by atoms with Crippen molar-refractivity contribution in [1.29, 1.82) is 0 Å². The molecule has 1 aliphatic rings. The third-order valence-electron chi connectivity index (χ3n) is 3.71. The smallest absolute Gasteiger partial charge is 0.0465 e. The van der Waals surface area contributed by atoms with Gasteiger partial charge in [0.1, 0.15) is 0 Å². The molecule has 0 aromatic heterocycles. The molecule has 1 rings (SSSR count). The molecule has 2 nitrogen and oxygen atoms in total. The second kappa shape index (κ2) is 5.72. The van der Waals surface area contributed by atoms with Crippen LogP contribution in [0.25, 0.3) is 0 Å². The fourth-order valence-corrected chi connectivity index (χ4v) is 2.56. The van der Waals surface area contributed by atoms with Gasteiger partial charge in [0.2, 0.25) is 0 Å². The van der Waals surface area contributed by atoms with Crippen molar-refractivity contribution in [3.8, 4) is 0 Å². The van der Waals surface area contributed by atoms with Crippen molar-refractivity contribution in [3.05, 3.63) is 0 Å². The molecule has 0 radical (unpaired) electrons. The summed E-state index contributed by atoms with van der Waals surface area (Å²) in [7, 11) is 1.76. The van der Waals surface area contributed by atoms with E-state index in [-0.39, 0.29) is 0 Å². The maximum Gasteiger partial charge on any atom is 0.0465 e. The monoisotopic (exact) mass is 199 g/mol. The Morgan fingerprint density at radius 3 is 2.64 bits per heavy atom. The molecule has 0 aromatic rings. The predicted octanol–water partition coefficient (Wildman–Crippen LogP) is 2.42. The van der Waals surface area contributed by atoms with Crippen LogP contribution in [0.5, 0.6) is 0 Å². The van der Waals surface area contributed by atoms with Crippen molar-refractivity contribution in [3.63, 3.8) is 0 Å². The van der Waals surface area contributed by atoms with Gasteiger partial charge in [-0.1, -0.05) is 20.3 Å². The minimum atomic E-state index is 0.384. The Morgan fingerprint density at radius 2 is 2.14 bits per heavy atom. The highest BCUT2D eigenvalue weighted by atomic mass is 16.5. The molecule has 1 fully saturated rings. The Kier molecular flexibility index (Phi) is 4.90. The summed E-state index contributed by atoms with van der Waals surface area (Å²) >= 11 is 0. The molecule has 84 valence electrons. The van der Waals surface area contributed by atoms with Gasteiger partial charge in [0, 0.05) is 19.8 Å². The zero-order chi connectivity index (χ0) is 10.6. The first kappa shape index (κ1) is 12.0. The third-order valence-corrected chi connectivity index (χ3v) is 3.71. The molecule has 14 heavy (non-hydrogen) atoms. The van der Waals surface area contributed by atoms with E-state index in [1.54, 1.807) is 7.11 Å². The van der Waals surface area contributed by atoms with Crippen LogP contribution in [0.15, 0.2) is 0 Å². The van der Waals surface area contributed by atoms with E-state index in [4.69, 9.17) is 10.5 Å². The second-order valence-corrected chi connectivity index (χ2v) is 5.01. The van der Waals surface area contributed by atoms with Crippen molar-refractivity contribution < 1.29 is 4.74 Å². The number of nitrogens with two attached hydrogens (primary N) is 1. The molecule has 4 unspecified atom stereocenters. The molecule has 0 bridgehead atoms. The van der Waals surface area contributed by atoms with E-state index >= 15 is 0 Å². The van der Waals surface area contributed by atoms with E-state index in [0.717, 1.165) is 24.9 Å². The van der Waals surface area contributed by atoms with Crippen LogP contribution >= 0.6 is 0 Å². The van der Waals surface area contributed by atoms with Crippen LogP contribution in [-0.4, -0.2) is 19.8 Å². The third kappa shape index (κ3) is 3.25. The number of hydrogen-bond donors (Lipinski definition) is 1. The summed E-state index contributed by atoms with van der Waals surface area (Å²) in [5.41, 5.74) is 6.27. The van der Waals surface area contributed by atoms with Crippen LogP contribution in [0.3, 0.4) is 0 Å². The first-order valence-corrected chi connectivity index (χ1v) is 5.89. The van der Waals surface area contributed by atoms with Gasteiger partial charge in [0.05, 0.1) is 0 Å². The largest absolute Gasteiger partial charge is 0.385 e. The van der Waals surface area contributed by atoms with Crippen LogP contribution in [0.1, 0.15) is 39.5 Å². The van der Waals surface area contributed by atoms with Crippen molar-refractivity contribution in [2.75, 3.05) is 13.7 Å². The number of methoxy groups -OCH3 is 1. The van der Waals surface area contributed by atoms with Crippen molar-refractivity contribution in [1.82, 2.24) is 0 Å². The first-order valence-electron chi connectivity index (χ1n) is 5.89. The van der Waals surface area contributed by atoms with Crippen LogP contribution in [0.2, 0.25) is 0 Å². The molecule has 0 aliphatic heterocycles. The molecule has 2 N–H and O–H groups in total. The van der Waals surface area contributed by atoms with Crippen molar-refractivity contribution >= 4 is 0 Å². The van der Waals surface area contributed by atoms with Gasteiger partial charge in [-0.25, -0.2) is 0 Å². The molecule has 4 atom stereocenters.